The van der Waals surface area contributed by atoms with Gasteiger partial charge >= 0.3 is 0 Å². The predicted molar refractivity (Wildman–Crippen MR) is 35.7 cm³/mol. The second-order valence-corrected chi connectivity index (χ2v) is 3.69. The lowest BCUT2D eigenvalue weighted by Gasteiger charge is -1.94. The molecule has 1 aliphatic carbocycles. The zero-order valence-corrected chi connectivity index (χ0v) is 6.46. The van der Waals surface area contributed by atoms with E-state index in [9.17, 15) is 0 Å². The zero-order chi connectivity index (χ0) is 5.49. The second kappa shape index (κ2) is 1.48. The monoisotopic (exact) mass is 162 g/mol. The minimum absolute atomic E-state index is 0.670. The van der Waals surface area contributed by atoms with Crippen LogP contribution in [-0.2, 0) is 0 Å². The molecule has 1 rings (SSSR count). The predicted octanol–water partition coefficient (Wildman–Crippen LogP) is 2.43. The van der Waals surface area contributed by atoms with Gasteiger partial charge in [0, 0.05) is 5.33 Å². The van der Waals surface area contributed by atoms with Crippen LogP contribution < -0.4 is 0 Å². The number of hydrogen-bond acceptors (Lipinski definition) is 0. The molecule has 0 aromatic heterocycles. The van der Waals surface area contributed by atoms with E-state index < -0.39 is 0 Å². The van der Waals surface area contributed by atoms with Gasteiger partial charge in [0.1, 0.15) is 0 Å². The molecule has 0 nitrogen and oxygen atoms in total. The lowest BCUT2D eigenvalue weighted by Crippen LogP contribution is -1.88. The SMILES string of the molecule is CC1(C)C[C@@H]1CBr. The molecule has 1 atom stereocenters. The quantitative estimate of drug-likeness (QED) is 0.520. The van der Waals surface area contributed by atoms with Crippen molar-refractivity contribution in [1.82, 2.24) is 0 Å². The molecular formula is C6H11Br. The summed E-state index contributed by atoms with van der Waals surface area (Å²) < 4.78 is 0. The van der Waals surface area contributed by atoms with Crippen LogP contribution in [0.5, 0.6) is 0 Å². The van der Waals surface area contributed by atoms with E-state index in [1.54, 1.807) is 0 Å². The van der Waals surface area contributed by atoms with Crippen LogP contribution >= 0.6 is 15.9 Å². The van der Waals surface area contributed by atoms with Crippen molar-refractivity contribution in [2.45, 2.75) is 20.3 Å². The zero-order valence-electron chi connectivity index (χ0n) is 4.87. The van der Waals surface area contributed by atoms with E-state index in [0.29, 0.717) is 5.41 Å². The Labute approximate surface area is 53.4 Å². The van der Waals surface area contributed by atoms with E-state index in [1.807, 2.05) is 0 Å². The summed E-state index contributed by atoms with van der Waals surface area (Å²) in [5, 5.41) is 1.19. The molecule has 0 N–H and O–H groups in total. The highest BCUT2D eigenvalue weighted by molar-refractivity contribution is 9.09. The minimum Gasteiger partial charge on any atom is -0.0925 e. The third kappa shape index (κ3) is 0.987. The summed E-state index contributed by atoms with van der Waals surface area (Å²) in [6, 6.07) is 0. The fourth-order valence-electron chi connectivity index (χ4n) is 0.840. The molecule has 0 aromatic carbocycles. The van der Waals surface area contributed by atoms with E-state index in [-0.39, 0.29) is 0 Å². The summed E-state index contributed by atoms with van der Waals surface area (Å²) in [4.78, 5) is 0. The topological polar surface area (TPSA) is 0 Å². The molecule has 0 unspecified atom stereocenters. The van der Waals surface area contributed by atoms with Crippen LogP contribution in [0.2, 0.25) is 0 Å². The van der Waals surface area contributed by atoms with Gasteiger partial charge in [-0.25, -0.2) is 0 Å². The van der Waals surface area contributed by atoms with Crippen LogP contribution in [0.25, 0.3) is 0 Å². The van der Waals surface area contributed by atoms with Crippen molar-refractivity contribution in [2.75, 3.05) is 5.33 Å². The van der Waals surface area contributed by atoms with Crippen molar-refractivity contribution in [3.63, 3.8) is 0 Å². The van der Waals surface area contributed by atoms with E-state index >= 15 is 0 Å². The average molecular weight is 163 g/mol. The molecule has 0 radical (unpaired) electrons. The van der Waals surface area contributed by atoms with Crippen molar-refractivity contribution in [3.8, 4) is 0 Å². The average Bonchev–Trinajstić information content (AvgIpc) is 2.13. The Kier molecular flexibility index (Phi) is 1.18. The molecule has 0 heterocycles. The minimum atomic E-state index is 0.670. The Hall–Kier alpha value is 0.480. The fourth-order valence-corrected chi connectivity index (χ4v) is 1.94. The van der Waals surface area contributed by atoms with E-state index in [1.165, 1.54) is 11.8 Å². The summed E-state index contributed by atoms with van der Waals surface area (Å²) in [6.45, 7) is 4.64. The number of rotatable bonds is 1. The second-order valence-electron chi connectivity index (χ2n) is 3.04. The summed E-state index contributed by atoms with van der Waals surface area (Å²) in [5.74, 6) is 0.965. The molecule has 42 valence electrons. The lowest BCUT2D eigenvalue weighted by atomic mass is 10.1. The first-order chi connectivity index (χ1) is 3.17. The van der Waals surface area contributed by atoms with Crippen LogP contribution in [0.15, 0.2) is 0 Å². The molecule has 7 heavy (non-hydrogen) atoms. The van der Waals surface area contributed by atoms with Crippen molar-refractivity contribution >= 4 is 15.9 Å². The largest absolute Gasteiger partial charge is 0.0925 e. The van der Waals surface area contributed by atoms with Crippen LogP contribution in [0, 0.1) is 11.3 Å². The third-order valence-corrected chi connectivity index (χ3v) is 2.69. The highest BCUT2D eigenvalue weighted by Gasteiger charge is 2.44. The van der Waals surface area contributed by atoms with Gasteiger partial charge in [0.05, 0.1) is 0 Å². The van der Waals surface area contributed by atoms with Gasteiger partial charge in [-0.3, -0.25) is 0 Å². The Morgan fingerprint density at radius 2 is 2.14 bits per heavy atom. The Morgan fingerprint density at radius 1 is 1.71 bits per heavy atom. The first-order valence-electron chi connectivity index (χ1n) is 2.73. The molecule has 0 spiro atoms. The maximum Gasteiger partial charge on any atom is 0.00649 e. The van der Waals surface area contributed by atoms with Crippen LogP contribution in [0.3, 0.4) is 0 Å². The Morgan fingerprint density at radius 3 is 2.14 bits per heavy atom. The van der Waals surface area contributed by atoms with Gasteiger partial charge in [0.15, 0.2) is 0 Å². The van der Waals surface area contributed by atoms with Crippen molar-refractivity contribution < 1.29 is 0 Å². The fraction of sp³-hybridized carbons (Fsp3) is 1.00. The summed E-state index contributed by atoms with van der Waals surface area (Å²) >= 11 is 3.45. The molecule has 0 amide bonds. The number of halogens is 1. The van der Waals surface area contributed by atoms with E-state index in [2.05, 4.69) is 29.8 Å². The number of alkyl halides is 1. The summed E-state index contributed by atoms with van der Waals surface area (Å²) in [7, 11) is 0. The molecular weight excluding hydrogens is 152 g/mol. The van der Waals surface area contributed by atoms with Crippen LogP contribution in [-0.4, -0.2) is 5.33 Å². The maximum absolute atomic E-state index is 3.45. The van der Waals surface area contributed by atoms with Gasteiger partial charge < -0.3 is 0 Å². The Balaban J connectivity index is 2.30. The van der Waals surface area contributed by atoms with E-state index in [0.717, 1.165) is 5.92 Å². The molecule has 1 heteroatoms. The molecule has 0 aliphatic heterocycles. The van der Waals surface area contributed by atoms with Gasteiger partial charge in [0.25, 0.3) is 0 Å². The van der Waals surface area contributed by atoms with Crippen LogP contribution in [0.1, 0.15) is 20.3 Å². The van der Waals surface area contributed by atoms with Crippen LogP contribution in [0.4, 0.5) is 0 Å². The molecule has 0 aromatic rings. The molecule has 1 aliphatic rings. The van der Waals surface area contributed by atoms with E-state index in [4.69, 9.17) is 0 Å². The maximum atomic E-state index is 3.45. The van der Waals surface area contributed by atoms with Gasteiger partial charge in [-0.15, -0.1) is 0 Å². The summed E-state index contributed by atoms with van der Waals surface area (Å²) in [5.41, 5.74) is 0.670. The molecule has 1 saturated carbocycles. The van der Waals surface area contributed by atoms with Crippen molar-refractivity contribution in [2.24, 2.45) is 11.3 Å². The first-order valence-corrected chi connectivity index (χ1v) is 3.85. The molecule has 0 bridgehead atoms. The normalized spacial score (nSPS) is 35.6. The summed E-state index contributed by atoms with van der Waals surface area (Å²) in [6.07, 6.45) is 1.41. The highest BCUT2D eigenvalue weighted by Crippen LogP contribution is 2.52. The highest BCUT2D eigenvalue weighted by atomic mass is 79.9. The third-order valence-electron chi connectivity index (χ3n) is 1.90. The van der Waals surface area contributed by atoms with Gasteiger partial charge in [-0.2, -0.15) is 0 Å². The first kappa shape index (κ1) is 5.61. The van der Waals surface area contributed by atoms with Crippen molar-refractivity contribution in [3.05, 3.63) is 0 Å². The van der Waals surface area contributed by atoms with Gasteiger partial charge in [-0.1, -0.05) is 29.8 Å². The van der Waals surface area contributed by atoms with Crippen molar-refractivity contribution in [1.29, 1.82) is 0 Å². The van der Waals surface area contributed by atoms with Gasteiger partial charge in [0.2, 0.25) is 0 Å². The smallest absolute Gasteiger partial charge is 0.00649 e. The Bertz CT molecular complexity index is 76.2. The molecule has 1 fully saturated rings. The molecule has 0 saturated heterocycles. The number of hydrogen-bond donors (Lipinski definition) is 0. The standard InChI is InChI=1S/C6H11Br/c1-6(2)3-5(6)4-7/h5H,3-4H2,1-2H3/t5-/m1/s1. The van der Waals surface area contributed by atoms with Gasteiger partial charge in [-0.05, 0) is 17.8 Å². The lowest BCUT2D eigenvalue weighted by molar-refractivity contribution is 0.591.